The number of carboxylic acids is 1. The van der Waals surface area contributed by atoms with E-state index in [1.165, 1.54) is 0 Å². The second-order valence-electron chi connectivity index (χ2n) is 4.54. The SMILES string of the molecule is O=C(O)C1(NS(=O)(=O)c2c(F)cc(F)cc2Br)CCC1. The molecule has 20 heavy (non-hydrogen) atoms. The molecular formula is C11H10BrF2NO4S. The summed E-state index contributed by atoms with van der Waals surface area (Å²) in [5.74, 6) is -3.54. The molecule has 0 aliphatic heterocycles. The third kappa shape index (κ3) is 2.57. The molecule has 1 aliphatic carbocycles. The van der Waals surface area contributed by atoms with Crippen LogP contribution in [0.5, 0.6) is 0 Å². The highest BCUT2D eigenvalue weighted by Gasteiger charge is 2.48. The number of hydrogen-bond donors (Lipinski definition) is 2. The second-order valence-corrected chi connectivity index (χ2v) is 7.02. The Morgan fingerprint density at radius 2 is 1.95 bits per heavy atom. The first-order valence-corrected chi connectivity index (χ1v) is 7.87. The summed E-state index contributed by atoms with van der Waals surface area (Å²) in [5, 5.41) is 9.08. The van der Waals surface area contributed by atoms with Crippen molar-refractivity contribution in [1.82, 2.24) is 4.72 Å². The normalized spacial score (nSPS) is 17.6. The smallest absolute Gasteiger partial charge is 0.324 e. The topological polar surface area (TPSA) is 83.5 Å². The Balaban J connectivity index is 2.44. The molecule has 0 radical (unpaired) electrons. The molecular weight excluding hydrogens is 360 g/mol. The molecule has 0 bridgehead atoms. The number of halogens is 3. The fourth-order valence-corrected chi connectivity index (χ4v) is 4.57. The molecule has 1 aromatic carbocycles. The van der Waals surface area contributed by atoms with Crippen molar-refractivity contribution in [2.75, 3.05) is 0 Å². The Morgan fingerprint density at radius 3 is 2.35 bits per heavy atom. The molecule has 0 spiro atoms. The molecule has 110 valence electrons. The van der Waals surface area contributed by atoms with Gasteiger partial charge in [-0.3, -0.25) is 4.79 Å². The summed E-state index contributed by atoms with van der Waals surface area (Å²) in [4.78, 5) is 10.3. The Hall–Kier alpha value is -1.06. The summed E-state index contributed by atoms with van der Waals surface area (Å²) in [5.41, 5.74) is -1.61. The minimum Gasteiger partial charge on any atom is -0.480 e. The third-order valence-electron chi connectivity index (χ3n) is 3.18. The molecule has 0 unspecified atom stereocenters. The van der Waals surface area contributed by atoms with E-state index in [2.05, 4.69) is 15.9 Å². The Bertz CT molecular complexity index is 650. The molecule has 0 saturated heterocycles. The lowest BCUT2D eigenvalue weighted by Crippen LogP contribution is -2.59. The van der Waals surface area contributed by atoms with E-state index in [0.717, 1.165) is 6.07 Å². The Labute approximate surface area is 122 Å². The van der Waals surface area contributed by atoms with Crippen molar-refractivity contribution in [3.63, 3.8) is 0 Å². The fraction of sp³-hybridized carbons (Fsp3) is 0.364. The van der Waals surface area contributed by atoms with Gasteiger partial charge in [0, 0.05) is 10.5 Å². The van der Waals surface area contributed by atoms with Crippen LogP contribution in [-0.4, -0.2) is 25.0 Å². The number of carbonyl (C=O) groups is 1. The molecule has 5 nitrogen and oxygen atoms in total. The molecule has 0 atom stereocenters. The van der Waals surface area contributed by atoms with Gasteiger partial charge in [-0.05, 0) is 41.3 Å². The average Bonchev–Trinajstić information content (AvgIpc) is 2.20. The lowest BCUT2D eigenvalue weighted by atomic mass is 9.78. The number of hydrogen-bond acceptors (Lipinski definition) is 3. The first kappa shape index (κ1) is 15.3. The van der Waals surface area contributed by atoms with Gasteiger partial charge in [-0.15, -0.1) is 0 Å². The fourth-order valence-electron chi connectivity index (χ4n) is 1.98. The molecule has 2 rings (SSSR count). The second kappa shape index (κ2) is 5.05. The number of sulfonamides is 1. The zero-order chi connectivity index (χ0) is 15.1. The maximum absolute atomic E-state index is 13.7. The lowest BCUT2D eigenvalue weighted by Gasteiger charge is -2.37. The van der Waals surface area contributed by atoms with E-state index in [1.54, 1.807) is 0 Å². The standard InChI is InChI=1S/C11H10BrF2NO4S/c12-7-4-6(13)5-8(14)9(7)20(18,19)15-11(10(16)17)2-1-3-11/h4-5,15H,1-3H2,(H,16,17). The van der Waals surface area contributed by atoms with Gasteiger partial charge in [0.1, 0.15) is 22.1 Å². The highest BCUT2D eigenvalue weighted by Crippen LogP contribution is 2.35. The number of nitrogens with one attached hydrogen (secondary N) is 1. The molecule has 1 aliphatic rings. The zero-order valence-corrected chi connectivity index (χ0v) is 12.4. The highest BCUT2D eigenvalue weighted by molar-refractivity contribution is 9.10. The van der Waals surface area contributed by atoms with Crippen LogP contribution in [0.1, 0.15) is 19.3 Å². The van der Waals surface area contributed by atoms with Crippen LogP contribution in [-0.2, 0) is 14.8 Å². The van der Waals surface area contributed by atoms with Crippen molar-refractivity contribution in [1.29, 1.82) is 0 Å². The van der Waals surface area contributed by atoms with Gasteiger partial charge >= 0.3 is 5.97 Å². The van der Waals surface area contributed by atoms with Crippen molar-refractivity contribution < 1.29 is 27.1 Å². The molecule has 1 aromatic rings. The van der Waals surface area contributed by atoms with E-state index in [9.17, 15) is 22.0 Å². The van der Waals surface area contributed by atoms with Crippen LogP contribution in [0.15, 0.2) is 21.5 Å². The quantitative estimate of drug-likeness (QED) is 0.850. The Kier molecular flexibility index (Phi) is 3.87. The van der Waals surface area contributed by atoms with Crippen molar-refractivity contribution in [2.24, 2.45) is 0 Å². The van der Waals surface area contributed by atoms with Gasteiger partial charge in [-0.25, -0.2) is 17.2 Å². The highest BCUT2D eigenvalue weighted by atomic mass is 79.9. The number of rotatable bonds is 4. The van der Waals surface area contributed by atoms with Crippen molar-refractivity contribution in [3.8, 4) is 0 Å². The maximum Gasteiger partial charge on any atom is 0.324 e. The van der Waals surface area contributed by atoms with Gasteiger partial charge in [0.15, 0.2) is 0 Å². The summed E-state index contributed by atoms with van der Waals surface area (Å²) in [7, 11) is -4.42. The van der Waals surface area contributed by atoms with Crippen LogP contribution in [0.4, 0.5) is 8.78 Å². The van der Waals surface area contributed by atoms with Crippen LogP contribution < -0.4 is 4.72 Å². The van der Waals surface area contributed by atoms with E-state index in [-0.39, 0.29) is 17.3 Å². The van der Waals surface area contributed by atoms with Crippen LogP contribution >= 0.6 is 15.9 Å². The van der Waals surface area contributed by atoms with Crippen molar-refractivity contribution >= 4 is 31.9 Å². The van der Waals surface area contributed by atoms with Gasteiger partial charge < -0.3 is 5.11 Å². The minimum absolute atomic E-state index is 0.127. The molecule has 1 saturated carbocycles. The van der Waals surface area contributed by atoms with Crippen LogP contribution in [0, 0.1) is 11.6 Å². The summed E-state index contributed by atoms with van der Waals surface area (Å²) < 4.78 is 52.6. The molecule has 0 heterocycles. The lowest BCUT2D eigenvalue weighted by molar-refractivity contribution is -0.147. The molecule has 9 heteroatoms. The van der Waals surface area contributed by atoms with E-state index in [1.807, 2.05) is 4.72 Å². The molecule has 0 amide bonds. The van der Waals surface area contributed by atoms with Crippen molar-refractivity contribution in [2.45, 2.75) is 29.7 Å². The largest absolute Gasteiger partial charge is 0.480 e. The van der Waals surface area contributed by atoms with E-state index in [0.29, 0.717) is 12.5 Å². The van der Waals surface area contributed by atoms with Crippen LogP contribution in [0.3, 0.4) is 0 Å². The van der Waals surface area contributed by atoms with Gasteiger partial charge in [0.2, 0.25) is 10.0 Å². The van der Waals surface area contributed by atoms with Gasteiger partial charge in [0.05, 0.1) is 0 Å². The van der Waals surface area contributed by atoms with E-state index in [4.69, 9.17) is 5.11 Å². The first-order chi connectivity index (χ1) is 9.18. The maximum atomic E-state index is 13.7. The minimum atomic E-state index is -4.42. The Morgan fingerprint density at radius 1 is 1.35 bits per heavy atom. The van der Waals surface area contributed by atoms with E-state index >= 15 is 0 Å². The summed E-state index contributed by atoms with van der Waals surface area (Å²) >= 11 is 2.77. The first-order valence-electron chi connectivity index (χ1n) is 5.60. The van der Waals surface area contributed by atoms with Gasteiger partial charge in [0.25, 0.3) is 0 Å². The summed E-state index contributed by atoms with van der Waals surface area (Å²) in [6.07, 6.45) is 0.811. The summed E-state index contributed by atoms with van der Waals surface area (Å²) in [6, 6.07) is 1.22. The predicted octanol–water partition coefficient (Wildman–Crippen LogP) is 2.01. The van der Waals surface area contributed by atoms with Crippen LogP contribution in [0.25, 0.3) is 0 Å². The molecule has 2 N–H and O–H groups in total. The third-order valence-corrected chi connectivity index (χ3v) is 5.68. The van der Waals surface area contributed by atoms with Gasteiger partial charge in [-0.1, -0.05) is 0 Å². The number of benzene rings is 1. The zero-order valence-electron chi connectivity index (χ0n) is 9.99. The molecule has 0 aromatic heterocycles. The monoisotopic (exact) mass is 369 g/mol. The van der Waals surface area contributed by atoms with Gasteiger partial charge in [-0.2, -0.15) is 4.72 Å². The molecule has 1 fully saturated rings. The number of aliphatic carboxylic acids is 1. The number of carboxylic acid groups (broad SMARTS) is 1. The van der Waals surface area contributed by atoms with E-state index < -0.39 is 38.1 Å². The van der Waals surface area contributed by atoms with Crippen LogP contribution in [0.2, 0.25) is 0 Å². The average molecular weight is 370 g/mol. The summed E-state index contributed by atoms with van der Waals surface area (Å²) in [6.45, 7) is 0. The predicted molar refractivity (Wildman–Crippen MR) is 68.6 cm³/mol. The van der Waals surface area contributed by atoms with Crippen molar-refractivity contribution in [3.05, 3.63) is 28.2 Å².